The molecule has 0 nitrogen and oxygen atoms in total. The van der Waals surface area contributed by atoms with Crippen LogP contribution in [0, 0.1) is 107 Å². The van der Waals surface area contributed by atoms with Crippen molar-refractivity contribution >= 4 is 0 Å². The van der Waals surface area contributed by atoms with E-state index in [1.165, 1.54) is 6.42 Å². The number of hydrogen-bond acceptors (Lipinski definition) is 0. The minimum Gasteiger partial charge on any atom is -0.0533 e. The van der Waals surface area contributed by atoms with E-state index >= 15 is 0 Å². The van der Waals surface area contributed by atoms with Crippen molar-refractivity contribution in [2.24, 2.45) is 107 Å². The monoisotopic (exact) mass is 697 g/mol. The quantitative estimate of drug-likeness (QED) is 0.268. The Balaban J connectivity index is 0.869. The molecule has 0 radical (unpaired) electrons. The molecule has 10 fully saturated rings. The van der Waals surface area contributed by atoms with Crippen LogP contribution in [-0.4, -0.2) is 0 Å². The van der Waals surface area contributed by atoms with Crippen LogP contribution in [0.2, 0.25) is 0 Å². The lowest BCUT2D eigenvalue weighted by atomic mass is 9.53. The predicted octanol–water partition coefficient (Wildman–Crippen LogP) is 15.1. The van der Waals surface area contributed by atoms with Crippen LogP contribution in [0.4, 0.5) is 0 Å². The summed E-state index contributed by atoms with van der Waals surface area (Å²) in [6.07, 6.45) is 53.3. The predicted molar refractivity (Wildman–Crippen MR) is 215 cm³/mol. The fourth-order valence-electron chi connectivity index (χ4n) is 18.6. The Morgan fingerprint density at radius 2 is 0.392 bits per heavy atom. The maximum Gasteiger partial charge on any atom is -0.0349 e. The molecule has 288 valence electrons. The van der Waals surface area contributed by atoms with E-state index in [0.29, 0.717) is 0 Å². The Morgan fingerprint density at radius 1 is 0.137 bits per heavy atom. The zero-order valence-electron chi connectivity index (χ0n) is 33.7. The first-order valence-electron chi connectivity index (χ1n) is 25.2. The van der Waals surface area contributed by atoms with Gasteiger partial charge in [0.2, 0.25) is 0 Å². The summed E-state index contributed by atoms with van der Waals surface area (Å²) in [7, 11) is 0. The minimum absolute atomic E-state index is 1.10. The van der Waals surface area contributed by atoms with E-state index in [4.69, 9.17) is 0 Å². The summed E-state index contributed by atoms with van der Waals surface area (Å²) in [6, 6.07) is 0. The number of hydrogen-bond donors (Lipinski definition) is 0. The molecular weight excluding hydrogens is 613 g/mol. The van der Waals surface area contributed by atoms with Gasteiger partial charge in [-0.05, 0) is 196 Å². The molecule has 0 aromatic rings. The van der Waals surface area contributed by atoms with Crippen molar-refractivity contribution in [2.45, 2.75) is 212 Å². The summed E-state index contributed by atoms with van der Waals surface area (Å²) in [6.45, 7) is 0. The smallest absolute Gasteiger partial charge is 0.0349 e. The molecule has 0 heteroatoms. The van der Waals surface area contributed by atoms with Gasteiger partial charge in [0.05, 0.1) is 0 Å². The highest BCUT2D eigenvalue weighted by Gasteiger charge is 2.55. The van der Waals surface area contributed by atoms with Gasteiger partial charge in [0.1, 0.15) is 0 Å². The van der Waals surface area contributed by atoms with Crippen molar-refractivity contribution in [1.82, 2.24) is 0 Å². The Morgan fingerprint density at radius 3 is 0.980 bits per heavy atom. The summed E-state index contributed by atoms with van der Waals surface area (Å²) in [5.74, 6) is 20.2. The van der Waals surface area contributed by atoms with Crippen LogP contribution >= 0.6 is 0 Å². The third-order valence-corrected chi connectivity index (χ3v) is 21.0. The van der Waals surface area contributed by atoms with E-state index in [1.54, 1.807) is 205 Å². The molecule has 0 heterocycles. The first-order valence-corrected chi connectivity index (χ1v) is 25.2. The standard InChI is InChI=1S/C51H84/c1-4-12-34(13-5-1)39-20-21-41-25-42(23-22-40(41)24-39)44-27-43(35-14-6-2-7-15-35)28-45(29-44)46-31-48(36-16-8-3-9-17-36)51-33-47-26-37-18-10-11-19-38(37)30-49(47)50(51)32-46/h34-51H,1-33H2. The molecule has 0 N–H and O–H groups in total. The largest absolute Gasteiger partial charge is 0.0533 e. The topological polar surface area (TPSA) is 0 Å². The van der Waals surface area contributed by atoms with E-state index in [0.717, 1.165) is 107 Å². The fraction of sp³-hybridized carbons (Fsp3) is 1.00. The van der Waals surface area contributed by atoms with Crippen molar-refractivity contribution in [3.8, 4) is 0 Å². The second-order valence-corrected chi connectivity index (χ2v) is 23.0. The van der Waals surface area contributed by atoms with Crippen LogP contribution in [-0.2, 0) is 0 Å². The van der Waals surface area contributed by atoms with E-state index < -0.39 is 0 Å². The lowest BCUT2D eigenvalue weighted by Crippen LogP contribution is -2.43. The van der Waals surface area contributed by atoms with E-state index in [-0.39, 0.29) is 0 Å². The summed E-state index contributed by atoms with van der Waals surface area (Å²) in [5.41, 5.74) is 0. The molecule has 15 unspecified atom stereocenters. The molecule has 0 aromatic carbocycles. The minimum atomic E-state index is 1.10. The van der Waals surface area contributed by atoms with Gasteiger partial charge in [0.15, 0.2) is 0 Å². The van der Waals surface area contributed by atoms with Gasteiger partial charge in [0.25, 0.3) is 0 Å². The average molecular weight is 697 g/mol. The first kappa shape index (κ1) is 35.4. The van der Waals surface area contributed by atoms with Crippen LogP contribution < -0.4 is 0 Å². The molecule has 0 aromatic heterocycles. The first-order chi connectivity index (χ1) is 25.2. The number of rotatable bonds is 5. The third kappa shape index (κ3) is 7.37. The molecule has 15 atom stereocenters. The maximum atomic E-state index is 1.71. The van der Waals surface area contributed by atoms with Gasteiger partial charge in [-0.3, -0.25) is 0 Å². The second-order valence-electron chi connectivity index (χ2n) is 23.0. The Kier molecular flexibility index (Phi) is 11.0. The molecule has 0 saturated heterocycles. The highest BCUT2D eigenvalue weighted by atomic mass is 14.6. The van der Waals surface area contributed by atoms with Gasteiger partial charge in [-0.15, -0.1) is 0 Å². The SMILES string of the molecule is C1CCC(C2CCC3CC(C4CC(C5CCCCC5)CC(C5CC(C6CCCCC6)C6CC7CC8CCCCC8CC7C6C5)C4)CCC3C2)CC1. The lowest BCUT2D eigenvalue weighted by Gasteiger charge is -2.52. The molecule has 10 aliphatic carbocycles. The molecule has 10 saturated carbocycles. The second kappa shape index (κ2) is 15.9. The van der Waals surface area contributed by atoms with Gasteiger partial charge < -0.3 is 0 Å². The third-order valence-electron chi connectivity index (χ3n) is 21.0. The molecular formula is C51H84. The Hall–Kier alpha value is 0. The van der Waals surface area contributed by atoms with Crippen LogP contribution in [0.25, 0.3) is 0 Å². The Labute approximate surface area is 317 Å². The molecule has 0 bridgehead atoms. The van der Waals surface area contributed by atoms with Gasteiger partial charge >= 0.3 is 0 Å². The molecule has 51 heavy (non-hydrogen) atoms. The Bertz CT molecular complexity index is 1100. The van der Waals surface area contributed by atoms with Crippen LogP contribution in [0.5, 0.6) is 0 Å². The molecule has 0 spiro atoms. The van der Waals surface area contributed by atoms with Gasteiger partial charge in [-0.2, -0.15) is 0 Å². The zero-order valence-corrected chi connectivity index (χ0v) is 33.7. The summed E-state index contributed by atoms with van der Waals surface area (Å²) >= 11 is 0. The normalized spacial score (nSPS) is 50.5. The number of fused-ring (bicyclic) bond motifs is 5. The highest BCUT2D eigenvalue weighted by Crippen LogP contribution is 2.64. The van der Waals surface area contributed by atoms with Gasteiger partial charge in [0, 0.05) is 0 Å². The van der Waals surface area contributed by atoms with Crippen molar-refractivity contribution in [2.75, 3.05) is 0 Å². The van der Waals surface area contributed by atoms with Crippen molar-refractivity contribution in [3.05, 3.63) is 0 Å². The maximum absolute atomic E-state index is 1.71. The summed E-state index contributed by atoms with van der Waals surface area (Å²) < 4.78 is 0. The van der Waals surface area contributed by atoms with Crippen LogP contribution in [0.3, 0.4) is 0 Å². The lowest BCUT2D eigenvalue weighted by molar-refractivity contribution is -0.0235. The van der Waals surface area contributed by atoms with E-state index in [9.17, 15) is 0 Å². The fourth-order valence-corrected chi connectivity index (χ4v) is 18.6. The molecule has 10 rings (SSSR count). The van der Waals surface area contributed by atoms with Crippen molar-refractivity contribution in [1.29, 1.82) is 0 Å². The summed E-state index contributed by atoms with van der Waals surface area (Å²) in [5, 5.41) is 0. The highest BCUT2D eigenvalue weighted by molar-refractivity contribution is 5.05. The van der Waals surface area contributed by atoms with Crippen LogP contribution in [0.15, 0.2) is 0 Å². The van der Waals surface area contributed by atoms with Gasteiger partial charge in [-0.25, -0.2) is 0 Å². The van der Waals surface area contributed by atoms with Gasteiger partial charge in [-0.1, -0.05) is 122 Å². The zero-order chi connectivity index (χ0) is 33.7. The molecule has 0 aliphatic heterocycles. The van der Waals surface area contributed by atoms with E-state index in [2.05, 4.69) is 0 Å². The van der Waals surface area contributed by atoms with Crippen LogP contribution in [0.1, 0.15) is 212 Å². The summed E-state index contributed by atoms with van der Waals surface area (Å²) in [4.78, 5) is 0. The average Bonchev–Trinajstić information content (AvgIpc) is 3.57. The van der Waals surface area contributed by atoms with E-state index in [1.807, 2.05) is 0 Å². The molecule has 10 aliphatic rings. The van der Waals surface area contributed by atoms with Crippen molar-refractivity contribution in [3.63, 3.8) is 0 Å². The van der Waals surface area contributed by atoms with Crippen molar-refractivity contribution < 1.29 is 0 Å². The molecule has 0 amide bonds.